The van der Waals surface area contributed by atoms with Crippen LogP contribution in [-0.2, 0) is 0 Å². The van der Waals surface area contributed by atoms with Gasteiger partial charge in [-0.1, -0.05) is 100 Å². The van der Waals surface area contributed by atoms with Crippen molar-refractivity contribution in [1.29, 1.82) is 0 Å². The second-order valence-corrected chi connectivity index (χ2v) is 9.28. The fourth-order valence-corrected chi connectivity index (χ4v) is 3.41. The molecular formula is C28H37N. The van der Waals surface area contributed by atoms with Gasteiger partial charge in [0.15, 0.2) is 0 Å². The molecule has 0 radical (unpaired) electrons. The topological polar surface area (TPSA) is 12.0 Å². The molecule has 1 aliphatic carbocycles. The van der Waals surface area contributed by atoms with E-state index in [0.717, 1.165) is 5.70 Å². The van der Waals surface area contributed by atoms with Gasteiger partial charge in [-0.05, 0) is 59.2 Å². The van der Waals surface area contributed by atoms with Gasteiger partial charge < -0.3 is 5.32 Å². The maximum atomic E-state index is 3.80. The first kappa shape index (κ1) is 22.7. The Labute approximate surface area is 177 Å². The summed E-state index contributed by atoms with van der Waals surface area (Å²) >= 11 is 0. The van der Waals surface area contributed by atoms with E-state index in [9.17, 15) is 0 Å². The molecule has 0 fully saturated rings. The highest BCUT2D eigenvalue weighted by Crippen LogP contribution is 2.42. The van der Waals surface area contributed by atoms with E-state index >= 15 is 0 Å². The van der Waals surface area contributed by atoms with Crippen LogP contribution in [0.3, 0.4) is 0 Å². The van der Waals surface area contributed by atoms with Crippen LogP contribution in [0.2, 0.25) is 0 Å². The van der Waals surface area contributed by atoms with Crippen LogP contribution in [0.4, 0.5) is 0 Å². The van der Waals surface area contributed by atoms with Crippen LogP contribution in [0.15, 0.2) is 48.7 Å². The Morgan fingerprint density at radius 2 is 1.38 bits per heavy atom. The van der Waals surface area contributed by atoms with Crippen molar-refractivity contribution in [2.24, 2.45) is 10.8 Å². The van der Waals surface area contributed by atoms with Gasteiger partial charge in [-0.25, -0.2) is 0 Å². The highest BCUT2D eigenvalue weighted by atomic mass is 14.8. The summed E-state index contributed by atoms with van der Waals surface area (Å²) in [4.78, 5) is 0. The standard InChI is InChI=1S/C15H20.C13H17N/c1-11-6-7-12-9-14(2,3)15(4,5)10-13(12)8-11;1-5-12-7-6-10(2)8-13(12)9-11(3)14-4/h6-10H,1-5H3;5-9,14H,1H2,2-4H3/b;11-9-. The highest BCUT2D eigenvalue weighted by molar-refractivity contribution is 5.66. The average Bonchev–Trinajstić information content (AvgIpc) is 2.63. The molecule has 29 heavy (non-hydrogen) atoms. The first-order valence-electron chi connectivity index (χ1n) is 10.4. The predicted molar refractivity (Wildman–Crippen MR) is 131 cm³/mol. The Morgan fingerprint density at radius 3 is 1.97 bits per heavy atom. The minimum atomic E-state index is 0.230. The lowest BCUT2D eigenvalue weighted by molar-refractivity contribution is 0.272. The summed E-state index contributed by atoms with van der Waals surface area (Å²) in [7, 11) is 1.93. The van der Waals surface area contributed by atoms with Crippen LogP contribution >= 0.6 is 0 Å². The van der Waals surface area contributed by atoms with Crippen molar-refractivity contribution in [2.75, 3.05) is 7.05 Å². The lowest BCUT2D eigenvalue weighted by Crippen LogP contribution is -2.41. The van der Waals surface area contributed by atoms with Gasteiger partial charge in [-0.3, -0.25) is 0 Å². The lowest BCUT2D eigenvalue weighted by atomic mass is 9.65. The van der Waals surface area contributed by atoms with Gasteiger partial charge in [0.25, 0.3) is 0 Å². The van der Waals surface area contributed by atoms with Crippen molar-refractivity contribution in [1.82, 2.24) is 5.32 Å². The molecule has 1 nitrogen and oxygen atoms in total. The quantitative estimate of drug-likeness (QED) is 0.697. The Hall–Kier alpha value is -2.54. The van der Waals surface area contributed by atoms with Crippen molar-refractivity contribution in [3.05, 3.63) is 81.4 Å². The first-order valence-corrected chi connectivity index (χ1v) is 10.4. The number of benzene rings is 2. The first-order chi connectivity index (χ1) is 13.5. The van der Waals surface area contributed by atoms with E-state index in [1.807, 2.05) is 13.1 Å². The van der Waals surface area contributed by atoms with Gasteiger partial charge in [0.05, 0.1) is 0 Å². The largest absolute Gasteiger partial charge is 0.392 e. The van der Waals surface area contributed by atoms with Crippen LogP contribution in [0.1, 0.15) is 56.9 Å². The molecule has 0 aromatic heterocycles. The second kappa shape index (κ2) is 8.86. The highest BCUT2D eigenvalue weighted by Gasteiger charge is 2.34. The van der Waals surface area contributed by atoms with Crippen molar-refractivity contribution in [2.45, 2.75) is 48.5 Å². The van der Waals surface area contributed by atoms with Gasteiger partial charge in [-0.2, -0.15) is 0 Å². The third kappa shape index (κ3) is 5.50. The number of allylic oxidation sites excluding steroid dienone is 1. The van der Waals surface area contributed by atoms with E-state index < -0.39 is 0 Å². The summed E-state index contributed by atoms with van der Waals surface area (Å²) < 4.78 is 0. The molecule has 0 saturated carbocycles. The zero-order valence-corrected chi connectivity index (χ0v) is 19.5. The summed E-state index contributed by atoms with van der Waals surface area (Å²) in [6.07, 6.45) is 8.83. The molecule has 0 amide bonds. The number of hydrogen-bond acceptors (Lipinski definition) is 1. The average molecular weight is 388 g/mol. The van der Waals surface area contributed by atoms with Crippen molar-refractivity contribution < 1.29 is 0 Å². The molecule has 0 aliphatic heterocycles. The molecule has 0 saturated heterocycles. The maximum Gasteiger partial charge on any atom is 0.00786 e. The van der Waals surface area contributed by atoms with E-state index in [1.54, 1.807) is 0 Å². The molecule has 1 heteroatoms. The zero-order valence-electron chi connectivity index (χ0n) is 19.5. The predicted octanol–water partition coefficient (Wildman–Crippen LogP) is 5.84. The van der Waals surface area contributed by atoms with Gasteiger partial charge in [0, 0.05) is 12.7 Å². The zero-order chi connectivity index (χ0) is 21.8. The molecule has 0 heterocycles. The molecule has 0 spiro atoms. The molecule has 0 atom stereocenters. The molecule has 1 N–H and O–H groups in total. The van der Waals surface area contributed by atoms with E-state index in [-0.39, 0.29) is 10.8 Å². The summed E-state index contributed by atoms with van der Waals surface area (Å²) in [5.41, 5.74) is 6.61. The van der Waals surface area contributed by atoms with E-state index in [4.69, 9.17) is 0 Å². The number of fused-ring (bicyclic) bond motifs is 1. The van der Waals surface area contributed by atoms with Gasteiger partial charge in [-0.15, -0.1) is 0 Å². The van der Waals surface area contributed by atoms with Gasteiger partial charge in [0.2, 0.25) is 0 Å². The summed E-state index contributed by atoms with van der Waals surface area (Å²) in [6.45, 7) is 19.4. The molecule has 0 bridgehead atoms. The van der Waals surface area contributed by atoms with E-state index in [0.29, 0.717) is 0 Å². The van der Waals surface area contributed by atoms with E-state index in [2.05, 4.69) is 115 Å². The van der Waals surface area contributed by atoms with Crippen LogP contribution < -0.4 is 15.8 Å². The van der Waals surface area contributed by atoms with Gasteiger partial charge >= 0.3 is 0 Å². The molecule has 1 aliphatic rings. The molecular weight excluding hydrogens is 350 g/mol. The SMILES string of the molecule is C=Cc1ccc(C)cc1/C=C(/C)NC.Cc1ccc2c(c1)=CC(C)(C)C(C)(C)C=2. The Bertz CT molecular complexity index is 1030. The van der Waals surface area contributed by atoms with E-state index in [1.165, 1.54) is 32.7 Å². The third-order valence-corrected chi connectivity index (χ3v) is 6.16. The number of aryl methyl sites for hydroxylation is 2. The fourth-order valence-electron chi connectivity index (χ4n) is 3.41. The third-order valence-electron chi connectivity index (χ3n) is 6.16. The monoisotopic (exact) mass is 387 g/mol. The summed E-state index contributed by atoms with van der Waals surface area (Å²) in [5.74, 6) is 0. The number of hydrogen-bond donors (Lipinski definition) is 1. The summed E-state index contributed by atoms with van der Waals surface area (Å²) in [6, 6.07) is 13.1. The van der Waals surface area contributed by atoms with Gasteiger partial charge in [0.1, 0.15) is 0 Å². The molecule has 3 rings (SSSR count). The minimum absolute atomic E-state index is 0.230. The minimum Gasteiger partial charge on any atom is -0.392 e. The van der Waals surface area contributed by atoms with Crippen molar-refractivity contribution >= 4 is 24.3 Å². The second-order valence-electron chi connectivity index (χ2n) is 9.28. The normalized spacial score (nSPS) is 16.3. The maximum absolute atomic E-state index is 3.80. The van der Waals surface area contributed by atoms with Crippen molar-refractivity contribution in [3.8, 4) is 0 Å². The molecule has 2 aromatic carbocycles. The molecule has 0 unspecified atom stereocenters. The fraction of sp³-hybridized carbons (Fsp3) is 0.357. The van der Waals surface area contributed by atoms with Crippen molar-refractivity contribution in [3.63, 3.8) is 0 Å². The Balaban J connectivity index is 0.000000208. The molecule has 154 valence electrons. The number of rotatable bonds is 3. The number of nitrogens with one attached hydrogen (secondary N) is 1. The van der Waals surface area contributed by atoms with Crippen LogP contribution in [0, 0.1) is 24.7 Å². The van der Waals surface area contributed by atoms with Crippen LogP contribution in [-0.4, -0.2) is 7.05 Å². The summed E-state index contributed by atoms with van der Waals surface area (Å²) in [5, 5.41) is 5.88. The Morgan fingerprint density at radius 1 is 0.828 bits per heavy atom. The van der Waals surface area contributed by atoms with Crippen LogP contribution in [0.5, 0.6) is 0 Å². The Kier molecular flexibility index (Phi) is 6.95. The molecule has 2 aromatic rings. The smallest absolute Gasteiger partial charge is 0.00786 e. The lowest BCUT2D eigenvalue weighted by Gasteiger charge is -2.39. The van der Waals surface area contributed by atoms with Crippen LogP contribution in [0.25, 0.3) is 24.3 Å².